The van der Waals surface area contributed by atoms with Gasteiger partial charge >= 0.3 is 0 Å². The molecule has 0 aliphatic heterocycles. The Bertz CT molecular complexity index is 936. The van der Waals surface area contributed by atoms with E-state index in [1.54, 1.807) is 7.11 Å². The van der Waals surface area contributed by atoms with E-state index >= 15 is 0 Å². The Hall–Kier alpha value is -1.69. The Balaban J connectivity index is 1.78. The Labute approximate surface area is 227 Å². The molecule has 1 fully saturated rings. The Kier molecular flexibility index (Phi) is 10.4. The summed E-state index contributed by atoms with van der Waals surface area (Å²) in [5.74, 6) is 1.23. The minimum atomic E-state index is -1.63. The van der Waals surface area contributed by atoms with Crippen LogP contribution in [0.2, 0.25) is 18.1 Å². The fourth-order valence-corrected chi connectivity index (χ4v) is 9.17. The maximum atomic E-state index is 14.1. The predicted molar refractivity (Wildman–Crippen MR) is 155 cm³/mol. The first-order valence-electron chi connectivity index (χ1n) is 14.4. The van der Waals surface area contributed by atoms with Crippen LogP contribution in [0.25, 0.3) is 0 Å². The minimum absolute atomic E-state index is 0.0477. The van der Waals surface area contributed by atoms with Crippen LogP contribution in [0.4, 0.5) is 0 Å². The van der Waals surface area contributed by atoms with E-state index in [9.17, 15) is 4.79 Å². The molecule has 0 amide bonds. The number of methoxy groups -OCH3 is 1. The average molecular weight is 527 g/mol. The van der Waals surface area contributed by atoms with Crippen LogP contribution in [0, 0.1) is 23.2 Å². The quantitative estimate of drug-likeness (QED) is 0.204. The molecule has 37 heavy (non-hydrogen) atoms. The van der Waals surface area contributed by atoms with Crippen LogP contribution >= 0.6 is 0 Å². The smallest absolute Gasteiger partial charge is 0.191 e. The molecule has 2 aliphatic rings. The summed E-state index contributed by atoms with van der Waals surface area (Å²) in [6.07, 6.45) is 5.76. The summed E-state index contributed by atoms with van der Waals surface area (Å²) in [5, 5.41) is 0. The number of fused-ring (bicyclic) bond motifs is 2. The zero-order valence-corrected chi connectivity index (χ0v) is 25.4. The molecule has 2 bridgehead atoms. The summed E-state index contributed by atoms with van der Waals surface area (Å²) in [6, 6.07) is 11.4. The Morgan fingerprint density at radius 3 is 2.35 bits per heavy atom. The first-order valence-corrected chi connectivity index (χ1v) is 16.9. The van der Waals surface area contributed by atoms with Gasteiger partial charge in [0, 0.05) is 18.4 Å². The minimum Gasteiger partial charge on any atom is -0.497 e. The van der Waals surface area contributed by atoms with E-state index in [-0.39, 0.29) is 29.0 Å². The van der Waals surface area contributed by atoms with Gasteiger partial charge in [0.05, 0.1) is 13.7 Å². The third kappa shape index (κ3) is 6.66. The van der Waals surface area contributed by atoms with Crippen LogP contribution in [-0.4, -0.2) is 33.9 Å². The third-order valence-corrected chi connectivity index (χ3v) is 14.4. The van der Waals surface area contributed by atoms with Crippen molar-refractivity contribution in [3.63, 3.8) is 0 Å². The number of hydrogen-bond donors (Lipinski definition) is 0. The maximum absolute atomic E-state index is 14.1. The predicted octanol–water partition coefficient (Wildman–Crippen LogP) is 8.14. The highest BCUT2D eigenvalue weighted by atomic mass is 28.4. The van der Waals surface area contributed by atoms with E-state index in [0.29, 0.717) is 6.61 Å². The lowest BCUT2D eigenvalue weighted by atomic mass is 9.73. The molecule has 3 rings (SSSR count). The SMILES string of the molecule is C=C(CCO[Si](CC)(CC)CC)[C@H]1C/C=C2\CC[C@@H]([C@@H](OCc3ccc(OC)cc3)C(=O)[C@@H]1C)C2(C)C. The number of Topliss-reactive ketones (excluding diaryl/α,β-unsaturated/α-hetero) is 1. The second-order valence-electron chi connectivity index (χ2n) is 11.7. The normalized spacial score (nSPS) is 27.1. The van der Waals surface area contributed by atoms with E-state index in [0.717, 1.165) is 67.3 Å². The topological polar surface area (TPSA) is 44.8 Å². The van der Waals surface area contributed by atoms with Gasteiger partial charge in [-0.3, -0.25) is 4.79 Å². The maximum Gasteiger partial charge on any atom is 0.191 e. The number of carbonyl (C=O) groups is 1. The number of ether oxygens (including phenoxy) is 2. The van der Waals surface area contributed by atoms with Gasteiger partial charge in [-0.25, -0.2) is 0 Å². The highest BCUT2D eigenvalue weighted by Crippen LogP contribution is 2.51. The van der Waals surface area contributed by atoms with Crippen molar-refractivity contribution in [3.8, 4) is 5.75 Å². The van der Waals surface area contributed by atoms with Crippen molar-refractivity contribution in [3.05, 3.63) is 53.6 Å². The Morgan fingerprint density at radius 1 is 1.11 bits per heavy atom. The van der Waals surface area contributed by atoms with Crippen LogP contribution in [0.1, 0.15) is 72.8 Å². The summed E-state index contributed by atoms with van der Waals surface area (Å²) >= 11 is 0. The van der Waals surface area contributed by atoms with Crippen molar-refractivity contribution >= 4 is 14.1 Å². The number of rotatable bonds is 12. The number of allylic oxidation sites excluding steroid dienone is 2. The largest absolute Gasteiger partial charge is 0.497 e. The molecular formula is C32H50O4Si. The summed E-state index contributed by atoms with van der Waals surface area (Å²) in [7, 11) is 0.0408. The molecule has 0 aromatic heterocycles. The molecule has 0 N–H and O–H groups in total. The van der Waals surface area contributed by atoms with Crippen LogP contribution in [-0.2, 0) is 20.6 Å². The lowest BCUT2D eigenvalue weighted by Crippen LogP contribution is -2.42. The molecular weight excluding hydrogens is 476 g/mol. The van der Waals surface area contributed by atoms with Gasteiger partial charge in [0.1, 0.15) is 11.9 Å². The molecule has 0 unspecified atom stereocenters. The first kappa shape index (κ1) is 29.9. The molecule has 1 aromatic carbocycles. The number of benzene rings is 1. The van der Waals surface area contributed by atoms with Gasteiger partial charge in [0.25, 0.3) is 0 Å². The summed E-state index contributed by atoms with van der Waals surface area (Å²) < 4.78 is 18.3. The van der Waals surface area contributed by atoms with Crippen molar-refractivity contribution in [2.45, 2.75) is 98.1 Å². The highest BCUT2D eigenvalue weighted by Gasteiger charge is 2.48. The summed E-state index contributed by atoms with van der Waals surface area (Å²) in [5.41, 5.74) is 3.63. The molecule has 206 valence electrons. The molecule has 4 atom stereocenters. The molecule has 5 heteroatoms. The number of carbonyl (C=O) groups excluding carboxylic acids is 1. The molecule has 1 saturated carbocycles. The van der Waals surface area contributed by atoms with Gasteiger partial charge in [-0.1, -0.05) is 77.5 Å². The van der Waals surface area contributed by atoms with E-state index in [2.05, 4.69) is 54.2 Å². The molecule has 2 aliphatic carbocycles. The monoisotopic (exact) mass is 526 g/mol. The van der Waals surface area contributed by atoms with Gasteiger partial charge < -0.3 is 13.9 Å². The average Bonchev–Trinajstić information content (AvgIpc) is 3.21. The van der Waals surface area contributed by atoms with Gasteiger partial charge in [-0.05, 0) is 72.8 Å². The lowest BCUT2D eigenvalue weighted by Gasteiger charge is -2.35. The molecule has 1 aromatic rings. The van der Waals surface area contributed by atoms with Gasteiger partial charge in [-0.2, -0.15) is 0 Å². The van der Waals surface area contributed by atoms with Crippen LogP contribution in [0.3, 0.4) is 0 Å². The Morgan fingerprint density at radius 2 is 1.76 bits per heavy atom. The van der Waals surface area contributed by atoms with Crippen molar-refractivity contribution < 1.29 is 18.7 Å². The fourth-order valence-electron chi connectivity index (χ4n) is 6.52. The highest BCUT2D eigenvalue weighted by molar-refractivity contribution is 6.73. The molecule has 0 spiro atoms. The molecule has 0 heterocycles. The number of ketones is 1. The zero-order chi connectivity index (χ0) is 27.2. The zero-order valence-electron chi connectivity index (χ0n) is 24.4. The van der Waals surface area contributed by atoms with E-state index in [1.807, 2.05) is 24.3 Å². The van der Waals surface area contributed by atoms with Crippen molar-refractivity contribution in [2.24, 2.45) is 23.2 Å². The standard InChI is InChI=1S/C32H50O4Si/c1-9-37(10-2,11-3)36-21-20-23(4)28-18-14-26-15-19-29(32(26,6)7)31(30(33)24(28)5)35-22-25-12-16-27(34-8)17-13-25/h12-14,16-17,24,28-29,31H,4,9-11,15,18-22H2,1-3,5-8H3/b26-14+/t24-,28-,29+,31-/m1/s1. The van der Waals surface area contributed by atoms with E-state index in [4.69, 9.17) is 13.9 Å². The van der Waals surface area contributed by atoms with Crippen molar-refractivity contribution in [2.75, 3.05) is 13.7 Å². The number of hydrogen-bond acceptors (Lipinski definition) is 4. The lowest BCUT2D eigenvalue weighted by molar-refractivity contribution is -0.142. The van der Waals surface area contributed by atoms with Crippen LogP contribution < -0.4 is 4.74 Å². The fraction of sp³-hybridized carbons (Fsp3) is 0.656. The summed E-state index contributed by atoms with van der Waals surface area (Å²) in [4.78, 5) is 14.1. The summed E-state index contributed by atoms with van der Waals surface area (Å²) in [6.45, 7) is 19.1. The first-order chi connectivity index (χ1) is 17.6. The van der Waals surface area contributed by atoms with Gasteiger partial charge in [-0.15, -0.1) is 0 Å². The van der Waals surface area contributed by atoms with Gasteiger partial charge in [0.2, 0.25) is 0 Å². The second-order valence-corrected chi connectivity index (χ2v) is 16.5. The van der Waals surface area contributed by atoms with Crippen molar-refractivity contribution in [1.82, 2.24) is 0 Å². The van der Waals surface area contributed by atoms with E-state index < -0.39 is 14.4 Å². The molecule has 0 saturated heterocycles. The third-order valence-electron chi connectivity index (χ3n) is 9.67. The molecule has 0 radical (unpaired) electrons. The van der Waals surface area contributed by atoms with E-state index in [1.165, 1.54) is 5.57 Å². The second kappa shape index (κ2) is 12.9. The van der Waals surface area contributed by atoms with Crippen molar-refractivity contribution in [1.29, 1.82) is 0 Å². The van der Waals surface area contributed by atoms with Crippen LogP contribution in [0.5, 0.6) is 5.75 Å². The van der Waals surface area contributed by atoms with Gasteiger partial charge in [0.15, 0.2) is 14.1 Å². The van der Waals surface area contributed by atoms with Crippen LogP contribution in [0.15, 0.2) is 48.1 Å². The molecule has 4 nitrogen and oxygen atoms in total.